The van der Waals surface area contributed by atoms with Crippen LogP contribution < -0.4 is 38.2 Å². The van der Waals surface area contributed by atoms with Crippen molar-refractivity contribution in [1.82, 2.24) is 14.6 Å². The number of aryl methyl sites for hydroxylation is 4. The Kier molecular flexibility index (Phi) is 8.19. The zero-order chi connectivity index (χ0) is 28.4. The number of hydrogen-bond acceptors (Lipinski definition) is 6. The Labute approximate surface area is 236 Å². The highest BCUT2D eigenvalue weighted by atomic mass is 31.3. The maximum Gasteiger partial charge on any atom is 0.566 e. The molecule has 1 aliphatic rings. The van der Waals surface area contributed by atoms with Crippen molar-refractivity contribution in [2.45, 2.75) is 27.7 Å². The van der Waals surface area contributed by atoms with Gasteiger partial charge in [-0.2, -0.15) is 0 Å². The smallest absolute Gasteiger partial charge is 0.272 e. The van der Waals surface area contributed by atoms with Gasteiger partial charge in [-0.15, -0.1) is 0 Å². The SMILES string of the molecule is Cc1ccccc1O[P+]1(Oc2ccccc2C)NP(=N)(N)N[P+](Oc2ccccc2C)(Oc2ccccc2C)N1. The van der Waals surface area contributed by atoms with Gasteiger partial charge < -0.3 is 0 Å². The van der Waals surface area contributed by atoms with E-state index >= 15 is 0 Å². The summed E-state index contributed by atoms with van der Waals surface area (Å²) in [4.78, 5) is 9.84. The van der Waals surface area contributed by atoms with E-state index in [2.05, 4.69) is 14.6 Å². The van der Waals surface area contributed by atoms with E-state index < -0.39 is 23.5 Å². The van der Waals surface area contributed by atoms with Gasteiger partial charge in [0.1, 0.15) is 4.86 Å². The Bertz CT molecular complexity index is 1360. The van der Waals surface area contributed by atoms with Gasteiger partial charge in [-0.25, -0.2) is 0 Å². The minimum absolute atomic E-state index is 0.580. The molecule has 5 rings (SSSR count). The molecule has 6 N–H and O–H groups in total. The van der Waals surface area contributed by atoms with Crippen LogP contribution in [0.2, 0.25) is 0 Å². The second-order valence-electron chi connectivity index (χ2n) is 9.55. The Morgan fingerprint density at radius 2 is 0.775 bits per heavy atom. The Morgan fingerprint density at radius 3 is 1.02 bits per heavy atom. The van der Waals surface area contributed by atoms with Crippen LogP contribution in [-0.4, -0.2) is 0 Å². The molecular formula is C28H34N5O4P3+2. The van der Waals surface area contributed by atoms with E-state index in [1.54, 1.807) is 0 Å². The molecular weight excluding hydrogens is 563 g/mol. The fraction of sp³-hybridized carbons (Fsp3) is 0.143. The first-order valence-electron chi connectivity index (χ1n) is 12.7. The molecule has 0 radical (unpaired) electrons. The maximum atomic E-state index is 9.18. The third-order valence-corrected chi connectivity index (χ3v) is 14.7. The summed E-state index contributed by atoms with van der Waals surface area (Å²) in [5, 5.41) is 9.18. The molecule has 0 aliphatic carbocycles. The predicted molar refractivity (Wildman–Crippen MR) is 164 cm³/mol. The summed E-state index contributed by atoms with van der Waals surface area (Å²) in [6, 6.07) is 30.5. The summed E-state index contributed by atoms with van der Waals surface area (Å²) in [5.41, 5.74) is 10.2. The maximum absolute atomic E-state index is 9.18. The van der Waals surface area contributed by atoms with E-state index in [4.69, 9.17) is 23.6 Å². The standard InChI is InChI=1S/C28H34N5O4P3/c1-21-13-5-9-17-25(21)34-39(35-26-18-10-6-14-22(26)2)31-38(29,30)32-40(33-39,36-27-19-11-7-15-23(27)3)37-28-20-12-8-16-24(28)4/h5-20,33H,1-4H3,(H5,29,30,31,32)/q+2. The molecule has 1 aliphatic heterocycles. The third kappa shape index (κ3) is 6.49. The van der Waals surface area contributed by atoms with Crippen molar-refractivity contribution < 1.29 is 18.1 Å². The lowest BCUT2D eigenvalue weighted by molar-refractivity contribution is 0.412. The molecule has 1 heterocycles. The highest BCUT2D eigenvalue weighted by Crippen LogP contribution is 2.75. The molecule has 0 unspecified atom stereocenters. The topological polar surface area (TPSA) is 123 Å². The largest absolute Gasteiger partial charge is 0.566 e. The average Bonchev–Trinajstić information content (AvgIpc) is 2.89. The van der Waals surface area contributed by atoms with Gasteiger partial charge in [-0.05, 0) is 83.9 Å². The van der Waals surface area contributed by atoms with E-state index in [0.29, 0.717) is 23.0 Å². The molecule has 0 amide bonds. The van der Waals surface area contributed by atoms with Gasteiger partial charge in [0.2, 0.25) is 7.51 Å². The first-order chi connectivity index (χ1) is 19.1. The molecule has 1 saturated heterocycles. The highest BCUT2D eigenvalue weighted by molar-refractivity contribution is 7.92. The van der Waals surface area contributed by atoms with Crippen LogP contribution in [-0.2, 0) is 0 Å². The van der Waals surface area contributed by atoms with Gasteiger partial charge in [-0.1, -0.05) is 72.8 Å². The van der Waals surface area contributed by atoms with Gasteiger partial charge in [0, 0.05) is 0 Å². The van der Waals surface area contributed by atoms with Crippen LogP contribution in [0.15, 0.2) is 97.1 Å². The van der Waals surface area contributed by atoms with Gasteiger partial charge in [0.25, 0.3) is 0 Å². The molecule has 40 heavy (non-hydrogen) atoms. The van der Waals surface area contributed by atoms with Crippen molar-refractivity contribution >= 4 is 23.5 Å². The summed E-state index contributed by atoms with van der Waals surface area (Å²) in [6.45, 7) is 7.79. The number of para-hydroxylation sites is 4. The zero-order valence-electron chi connectivity index (χ0n) is 22.8. The molecule has 12 heteroatoms. The van der Waals surface area contributed by atoms with Crippen molar-refractivity contribution in [3.63, 3.8) is 0 Å². The molecule has 0 bridgehead atoms. The average molecular weight is 598 g/mol. The number of benzene rings is 4. The summed E-state index contributed by atoms with van der Waals surface area (Å²) < 4.78 is 26.7. The first-order valence-corrected chi connectivity index (χ1v) is 17.8. The van der Waals surface area contributed by atoms with E-state index in [9.17, 15) is 5.16 Å². The summed E-state index contributed by atoms with van der Waals surface area (Å²) in [7, 11) is -10.3. The molecule has 1 fully saturated rings. The number of nitrogens with two attached hydrogens (primary N) is 1. The lowest BCUT2D eigenvalue weighted by atomic mass is 10.2. The van der Waals surface area contributed by atoms with Crippen molar-refractivity contribution in [2.24, 2.45) is 5.50 Å². The predicted octanol–water partition coefficient (Wildman–Crippen LogP) is 8.16. The van der Waals surface area contributed by atoms with E-state index in [1.165, 1.54) is 0 Å². The summed E-state index contributed by atoms with van der Waals surface area (Å²) >= 11 is 0. The number of hydrogen-bond donors (Lipinski definition) is 5. The van der Waals surface area contributed by atoms with Gasteiger partial charge in [0.15, 0.2) is 23.0 Å². The van der Waals surface area contributed by atoms with Crippen molar-refractivity contribution in [3.05, 3.63) is 119 Å². The molecule has 0 saturated carbocycles. The molecule has 4 aromatic rings. The number of nitrogens with one attached hydrogen (secondary N) is 4. The van der Waals surface area contributed by atoms with Crippen LogP contribution in [0.25, 0.3) is 0 Å². The summed E-state index contributed by atoms with van der Waals surface area (Å²) in [5.74, 6) is 2.32. The molecule has 4 aromatic carbocycles. The van der Waals surface area contributed by atoms with Crippen LogP contribution in [0.4, 0.5) is 0 Å². The molecule has 0 atom stereocenters. The van der Waals surface area contributed by atoms with Crippen LogP contribution in [0.1, 0.15) is 22.3 Å². The van der Waals surface area contributed by atoms with Crippen molar-refractivity contribution in [3.8, 4) is 23.0 Å². The fourth-order valence-corrected chi connectivity index (χ4v) is 13.8. The van der Waals surface area contributed by atoms with Crippen LogP contribution in [0.5, 0.6) is 23.0 Å². The third-order valence-electron chi connectivity index (χ3n) is 6.12. The Morgan fingerprint density at radius 1 is 0.525 bits per heavy atom. The molecule has 0 spiro atoms. The van der Waals surface area contributed by atoms with Crippen LogP contribution in [0.3, 0.4) is 0 Å². The van der Waals surface area contributed by atoms with Gasteiger partial charge in [-0.3, -0.25) is 28.8 Å². The fourth-order valence-electron chi connectivity index (χ4n) is 4.05. The number of rotatable bonds is 8. The van der Waals surface area contributed by atoms with Gasteiger partial charge in [0.05, 0.1) is 0 Å². The van der Waals surface area contributed by atoms with Crippen molar-refractivity contribution in [1.29, 1.82) is 5.16 Å². The molecule has 9 nitrogen and oxygen atoms in total. The minimum atomic E-state index is -3.46. The minimum Gasteiger partial charge on any atom is -0.272 e. The zero-order valence-corrected chi connectivity index (χ0v) is 25.5. The monoisotopic (exact) mass is 597 g/mol. The summed E-state index contributed by atoms with van der Waals surface area (Å²) in [6.07, 6.45) is 0. The second-order valence-corrected chi connectivity index (χ2v) is 16.3. The van der Waals surface area contributed by atoms with E-state index in [0.717, 1.165) is 22.3 Å². The van der Waals surface area contributed by atoms with E-state index in [-0.39, 0.29) is 0 Å². The molecule has 0 aromatic heterocycles. The van der Waals surface area contributed by atoms with Crippen LogP contribution in [0, 0.1) is 32.9 Å². The first kappa shape index (κ1) is 28.5. The highest BCUT2D eigenvalue weighted by Gasteiger charge is 2.73. The second kappa shape index (κ2) is 11.5. The lowest BCUT2D eigenvalue weighted by Crippen LogP contribution is -2.49. The quantitative estimate of drug-likeness (QED) is 0.129. The van der Waals surface area contributed by atoms with E-state index in [1.807, 2.05) is 125 Å². The molecule has 208 valence electrons. The van der Waals surface area contributed by atoms with Crippen molar-refractivity contribution in [2.75, 3.05) is 0 Å². The normalized spacial score (nSPS) is 17.0. The van der Waals surface area contributed by atoms with Crippen LogP contribution >= 0.6 is 23.5 Å². The lowest BCUT2D eigenvalue weighted by Gasteiger charge is -2.36. The van der Waals surface area contributed by atoms with Gasteiger partial charge >= 0.3 is 16.0 Å². The Balaban J connectivity index is 1.67. The Hall–Kier alpha value is -2.99.